The predicted octanol–water partition coefficient (Wildman–Crippen LogP) is 7.05. The van der Waals surface area contributed by atoms with E-state index in [0.29, 0.717) is 23.8 Å². The molecule has 1 aromatic heterocycles. The molecule has 1 heterocycles. The molecule has 3 rings (SSSR count). The summed E-state index contributed by atoms with van der Waals surface area (Å²) in [6, 6.07) is 12.1. The van der Waals surface area contributed by atoms with E-state index >= 15 is 0 Å². The molecule has 0 unspecified atom stereocenters. The Morgan fingerprint density at radius 2 is 1.68 bits per heavy atom. The molecule has 0 spiro atoms. The molecule has 0 fully saturated rings. The van der Waals surface area contributed by atoms with Crippen molar-refractivity contribution in [1.82, 2.24) is 4.98 Å². The number of aryl methyl sites for hydroxylation is 3. The first kappa shape index (κ1) is 27.9. The lowest BCUT2D eigenvalue weighted by Crippen LogP contribution is -2.13. The Balaban J connectivity index is 0.00000408. The zero-order valence-electron chi connectivity index (χ0n) is 20.9. The number of thioether (sulfide) groups is 1. The SMILES string of the molecule is Cc1ccc(-c2c(CSc3c(C(=O)O)ccc(C)c3C)c(C)nc(CC(C)C)c2CN)cc1.Cl. The van der Waals surface area contributed by atoms with Gasteiger partial charge in [0.1, 0.15) is 0 Å². The Hall–Kier alpha value is -2.34. The molecule has 0 atom stereocenters. The van der Waals surface area contributed by atoms with Gasteiger partial charge in [0.05, 0.1) is 5.56 Å². The monoisotopic (exact) mass is 498 g/mol. The van der Waals surface area contributed by atoms with Crippen LogP contribution < -0.4 is 5.73 Å². The van der Waals surface area contributed by atoms with E-state index in [0.717, 1.165) is 56.1 Å². The molecule has 6 heteroatoms. The molecule has 0 radical (unpaired) electrons. The Labute approximate surface area is 213 Å². The van der Waals surface area contributed by atoms with E-state index in [9.17, 15) is 9.90 Å². The number of aromatic nitrogens is 1. The van der Waals surface area contributed by atoms with E-state index in [-0.39, 0.29) is 12.4 Å². The number of carbonyl (C=O) groups is 1. The highest BCUT2D eigenvalue weighted by Crippen LogP contribution is 2.38. The minimum atomic E-state index is -0.899. The zero-order chi connectivity index (χ0) is 24.3. The summed E-state index contributed by atoms with van der Waals surface area (Å²) in [6.45, 7) is 13.0. The van der Waals surface area contributed by atoms with Gasteiger partial charge in [0.25, 0.3) is 0 Å². The second-order valence-electron chi connectivity index (χ2n) is 9.12. The van der Waals surface area contributed by atoms with E-state index in [1.54, 1.807) is 17.8 Å². The first-order valence-electron chi connectivity index (χ1n) is 11.4. The molecule has 0 saturated heterocycles. The number of nitrogens with zero attached hydrogens (tertiary/aromatic N) is 1. The molecule has 0 aliphatic carbocycles. The van der Waals surface area contributed by atoms with E-state index in [1.165, 1.54) is 5.56 Å². The molecule has 2 aromatic carbocycles. The third-order valence-electron chi connectivity index (χ3n) is 6.11. The summed E-state index contributed by atoms with van der Waals surface area (Å²) < 4.78 is 0. The van der Waals surface area contributed by atoms with Crippen LogP contribution in [0.3, 0.4) is 0 Å². The van der Waals surface area contributed by atoms with Gasteiger partial charge in [-0.2, -0.15) is 0 Å². The number of nitrogens with two attached hydrogens (primary N) is 1. The Morgan fingerprint density at radius 3 is 2.24 bits per heavy atom. The van der Waals surface area contributed by atoms with Crippen LogP contribution in [0.1, 0.15) is 63.4 Å². The number of hydrogen-bond donors (Lipinski definition) is 2. The molecular weight excluding hydrogens is 464 g/mol. The van der Waals surface area contributed by atoms with Gasteiger partial charge < -0.3 is 10.8 Å². The van der Waals surface area contributed by atoms with Gasteiger partial charge >= 0.3 is 5.97 Å². The van der Waals surface area contributed by atoms with E-state index in [4.69, 9.17) is 10.7 Å². The smallest absolute Gasteiger partial charge is 0.336 e. The van der Waals surface area contributed by atoms with Gasteiger partial charge in [0.15, 0.2) is 0 Å². The highest BCUT2D eigenvalue weighted by atomic mass is 35.5. The molecule has 3 aromatic rings. The summed E-state index contributed by atoms with van der Waals surface area (Å²) in [6.07, 6.45) is 0.875. The topological polar surface area (TPSA) is 76.2 Å². The Kier molecular flexibility index (Phi) is 9.74. The van der Waals surface area contributed by atoms with Crippen molar-refractivity contribution < 1.29 is 9.90 Å². The highest BCUT2D eigenvalue weighted by molar-refractivity contribution is 7.98. The van der Waals surface area contributed by atoms with Crippen molar-refractivity contribution in [3.63, 3.8) is 0 Å². The number of carboxylic acids is 1. The summed E-state index contributed by atoms with van der Waals surface area (Å²) in [5.41, 5.74) is 16.5. The van der Waals surface area contributed by atoms with Crippen LogP contribution in [0, 0.1) is 33.6 Å². The van der Waals surface area contributed by atoms with Gasteiger partial charge in [-0.3, -0.25) is 4.98 Å². The van der Waals surface area contributed by atoms with E-state index < -0.39 is 5.97 Å². The molecule has 182 valence electrons. The van der Waals surface area contributed by atoms with Crippen LogP contribution >= 0.6 is 24.2 Å². The first-order valence-corrected chi connectivity index (χ1v) is 12.4. The largest absolute Gasteiger partial charge is 0.478 e. The molecule has 0 aliphatic rings. The molecule has 0 aliphatic heterocycles. The number of carboxylic acid groups (broad SMARTS) is 1. The lowest BCUT2D eigenvalue weighted by Gasteiger charge is -2.22. The van der Waals surface area contributed by atoms with Crippen molar-refractivity contribution in [3.05, 3.63) is 81.2 Å². The van der Waals surface area contributed by atoms with Crippen molar-refractivity contribution in [2.24, 2.45) is 11.7 Å². The quantitative estimate of drug-likeness (QED) is 0.325. The van der Waals surface area contributed by atoms with Crippen LogP contribution in [-0.2, 0) is 18.7 Å². The minimum absolute atomic E-state index is 0. The Morgan fingerprint density at radius 1 is 1.03 bits per heavy atom. The number of aromatic carboxylic acids is 1. The maximum atomic E-state index is 11.9. The lowest BCUT2D eigenvalue weighted by atomic mass is 9.90. The Bertz CT molecular complexity index is 1170. The fraction of sp³-hybridized carbons (Fsp3) is 0.357. The predicted molar refractivity (Wildman–Crippen MR) is 145 cm³/mol. The molecule has 3 N–H and O–H groups in total. The van der Waals surface area contributed by atoms with Crippen molar-refractivity contribution in [2.75, 3.05) is 0 Å². The van der Waals surface area contributed by atoms with Gasteiger partial charge in [-0.05, 0) is 79.5 Å². The normalized spacial score (nSPS) is 10.9. The van der Waals surface area contributed by atoms with Crippen molar-refractivity contribution in [3.8, 4) is 11.1 Å². The van der Waals surface area contributed by atoms with E-state index in [1.807, 2.05) is 19.9 Å². The zero-order valence-corrected chi connectivity index (χ0v) is 22.5. The van der Waals surface area contributed by atoms with E-state index in [2.05, 4.69) is 52.0 Å². The standard InChI is InChI=1S/C28H34N2O2S.ClH/c1-16(2)13-25-23(14-29)26(21-10-7-17(3)8-11-21)24(20(6)30-25)15-33-27-19(5)18(4)9-12-22(27)28(31)32;/h7-12,16H,13-15,29H2,1-6H3,(H,31,32);1H. The number of pyridine rings is 1. The van der Waals surface area contributed by atoms with Crippen molar-refractivity contribution in [1.29, 1.82) is 0 Å². The maximum absolute atomic E-state index is 11.9. The molecule has 0 amide bonds. The van der Waals surface area contributed by atoms with Crippen LogP contribution in [0.2, 0.25) is 0 Å². The molecule has 4 nitrogen and oxygen atoms in total. The van der Waals surface area contributed by atoms with Crippen LogP contribution in [-0.4, -0.2) is 16.1 Å². The summed E-state index contributed by atoms with van der Waals surface area (Å²) in [7, 11) is 0. The maximum Gasteiger partial charge on any atom is 0.336 e. The molecular formula is C28H35ClN2O2S. The third-order valence-corrected chi connectivity index (χ3v) is 7.35. The number of benzene rings is 2. The van der Waals surface area contributed by atoms with Crippen LogP contribution in [0.5, 0.6) is 0 Å². The van der Waals surface area contributed by atoms with Crippen molar-refractivity contribution in [2.45, 2.75) is 65.2 Å². The summed E-state index contributed by atoms with van der Waals surface area (Å²) in [5.74, 6) is 0.201. The summed E-state index contributed by atoms with van der Waals surface area (Å²) in [5, 5.41) is 9.75. The molecule has 0 saturated carbocycles. The van der Waals surface area contributed by atoms with Gasteiger partial charge in [0, 0.05) is 28.6 Å². The van der Waals surface area contributed by atoms with Gasteiger partial charge in [0.2, 0.25) is 0 Å². The molecule has 34 heavy (non-hydrogen) atoms. The minimum Gasteiger partial charge on any atom is -0.478 e. The highest BCUT2D eigenvalue weighted by Gasteiger charge is 2.21. The number of halogens is 1. The fourth-order valence-electron chi connectivity index (χ4n) is 4.15. The summed E-state index contributed by atoms with van der Waals surface area (Å²) in [4.78, 5) is 17.7. The third kappa shape index (κ3) is 6.01. The van der Waals surface area contributed by atoms with Gasteiger partial charge in [-0.15, -0.1) is 24.2 Å². The molecule has 0 bridgehead atoms. The van der Waals surface area contributed by atoms with Gasteiger partial charge in [-0.1, -0.05) is 49.7 Å². The van der Waals surface area contributed by atoms with Crippen LogP contribution in [0.4, 0.5) is 0 Å². The number of hydrogen-bond acceptors (Lipinski definition) is 4. The number of rotatable bonds is 8. The summed E-state index contributed by atoms with van der Waals surface area (Å²) >= 11 is 1.57. The fourth-order valence-corrected chi connectivity index (χ4v) is 5.48. The second kappa shape index (κ2) is 11.9. The van der Waals surface area contributed by atoms with Crippen LogP contribution in [0.15, 0.2) is 41.3 Å². The second-order valence-corrected chi connectivity index (χ2v) is 10.1. The van der Waals surface area contributed by atoms with Gasteiger partial charge in [-0.25, -0.2) is 4.79 Å². The average Bonchev–Trinajstić information content (AvgIpc) is 2.75. The van der Waals surface area contributed by atoms with Crippen LogP contribution in [0.25, 0.3) is 11.1 Å². The lowest BCUT2D eigenvalue weighted by molar-refractivity contribution is 0.0693. The first-order chi connectivity index (χ1) is 15.6. The van der Waals surface area contributed by atoms with Crippen molar-refractivity contribution >= 4 is 30.1 Å². The average molecular weight is 499 g/mol.